The first-order chi connectivity index (χ1) is 9.87. The van der Waals surface area contributed by atoms with Gasteiger partial charge in [-0.2, -0.15) is 0 Å². The van der Waals surface area contributed by atoms with E-state index in [9.17, 15) is 0 Å². The maximum absolute atomic E-state index is 5.97. The Morgan fingerprint density at radius 1 is 1.10 bits per heavy atom. The molecule has 0 radical (unpaired) electrons. The molecule has 0 aromatic heterocycles. The van der Waals surface area contributed by atoms with Crippen LogP contribution >= 0.6 is 0 Å². The van der Waals surface area contributed by atoms with Crippen molar-refractivity contribution in [2.24, 2.45) is 5.84 Å². The van der Waals surface area contributed by atoms with Crippen molar-refractivity contribution in [3.63, 3.8) is 0 Å². The second-order valence-corrected chi connectivity index (χ2v) is 5.92. The zero-order chi connectivity index (χ0) is 13.8. The average Bonchev–Trinajstić information content (AvgIpc) is 3.01. The molecule has 1 unspecified atom stereocenters. The van der Waals surface area contributed by atoms with Gasteiger partial charge >= 0.3 is 0 Å². The summed E-state index contributed by atoms with van der Waals surface area (Å²) in [6.45, 7) is 3.72. The van der Waals surface area contributed by atoms with Gasteiger partial charge in [0.25, 0.3) is 0 Å². The molecule has 4 heteroatoms. The Kier molecular flexibility index (Phi) is 4.36. The molecule has 3 N–H and O–H groups in total. The Balaban J connectivity index is 1.91. The summed E-state index contributed by atoms with van der Waals surface area (Å²) in [6, 6.07) is 10.8. The van der Waals surface area contributed by atoms with Gasteiger partial charge in [-0.3, -0.25) is 16.2 Å². The lowest BCUT2D eigenvalue weighted by Gasteiger charge is -2.48. The number of hydrogen-bond acceptors (Lipinski definition) is 4. The Morgan fingerprint density at radius 2 is 1.75 bits per heavy atom. The molecular weight excluding hydrogens is 250 g/mol. The maximum Gasteiger partial charge on any atom is 0.0644 e. The molecule has 1 aromatic rings. The van der Waals surface area contributed by atoms with Crippen molar-refractivity contribution in [1.29, 1.82) is 0 Å². The van der Waals surface area contributed by atoms with Gasteiger partial charge in [-0.25, -0.2) is 0 Å². The first kappa shape index (κ1) is 14.0. The van der Waals surface area contributed by atoms with E-state index in [1.807, 2.05) is 0 Å². The maximum atomic E-state index is 5.97. The van der Waals surface area contributed by atoms with E-state index in [-0.39, 0.29) is 11.6 Å². The number of nitrogens with one attached hydrogen (secondary N) is 1. The number of rotatable bonds is 4. The van der Waals surface area contributed by atoms with Crippen LogP contribution in [0.25, 0.3) is 0 Å². The lowest BCUT2D eigenvalue weighted by Crippen LogP contribution is -2.59. The highest BCUT2D eigenvalue weighted by Crippen LogP contribution is 2.44. The Bertz CT molecular complexity index is 411. The van der Waals surface area contributed by atoms with Crippen LogP contribution in [0.15, 0.2) is 30.3 Å². The summed E-state index contributed by atoms with van der Waals surface area (Å²) < 4.78 is 5.53. The largest absolute Gasteiger partial charge is 0.379 e. The smallest absolute Gasteiger partial charge is 0.0644 e. The summed E-state index contributed by atoms with van der Waals surface area (Å²) in [6.07, 6.45) is 5.03. The van der Waals surface area contributed by atoms with E-state index in [0.29, 0.717) is 0 Å². The van der Waals surface area contributed by atoms with E-state index in [0.717, 1.165) is 26.3 Å². The average molecular weight is 275 g/mol. The highest BCUT2D eigenvalue weighted by Gasteiger charge is 2.46. The summed E-state index contributed by atoms with van der Waals surface area (Å²) in [4.78, 5) is 2.61. The molecule has 0 spiro atoms. The minimum atomic E-state index is 0.153. The zero-order valence-electron chi connectivity index (χ0n) is 12.1. The van der Waals surface area contributed by atoms with Crippen molar-refractivity contribution < 1.29 is 4.74 Å². The van der Waals surface area contributed by atoms with E-state index >= 15 is 0 Å². The van der Waals surface area contributed by atoms with E-state index in [4.69, 9.17) is 10.6 Å². The minimum absolute atomic E-state index is 0.153. The predicted octanol–water partition coefficient (Wildman–Crippen LogP) is 1.84. The molecule has 2 fully saturated rings. The summed E-state index contributed by atoms with van der Waals surface area (Å²) >= 11 is 0. The van der Waals surface area contributed by atoms with Gasteiger partial charge < -0.3 is 4.74 Å². The van der Waals surface area contributed by atoms with Gasteiger partial charge in [0, 0.05) is 18.6 Å². The van der Waals surface area contributed by atoms with Crippen LogP contribution in [0.2, 0.25) is 0 Å². The first-order valence-electron chi connectivity index (χ1n) is 7.71. The number of ether oxygens (including phenoxy) is 1. The van der Waals surface area contributed by atoms with Crippen LogP contribution in [0.1, 0.15) is 37.3 Å². The third-order valence-corrected chi connectivity index (χ3v) is 4.95. The van der Waals surface area contributed by atoms with Crippen LogP contribution in [0.5, 0.6) is 0 Å². The zero-order valence-corrected chi connectivity index (χ0v) is 12.1. The molecule has 110 valence electrons. The summed E-state index contributed by atoms with van der Waals surface area (Å²) in [7, 11) is 0. The van der Waals surface area contributed by atoms with Crippen molar-refractivity contribution in [2.75, 3.05) is 26.3 Å². The molecule has 0 bridgehead atoms. The number of benzene rings is 1. The van der Waals surface area contributed by atoms with Crippen LogP contribution in [-0.2, 0) is 4.74 Å². The molecule has 1 heterocycles. The molecule has 1 aliphatic carbocycles. The topological polar surface area (TPSA) is 50.5 Å². The second kappa shape index (κ2) is 6.22. The number of nitrogens with two attached hydrogens (primary N) is 1. The molecule has 20 heavy (non-hydrogen) atoms. The second-order valence-electron chi connectivity index (χ2n) is 5.92. The number of hydrogen-bond donors (Lipinski definition) is 2. The van der Waals surface area contributed by atoms with Crippen molar-refractivity contribution in [2.45, 2.75) is 37.3 Å². The molecule has 1 saturated carbocycles. The molecule has 3 rings (SSSR count). The van der Waals surface area contributed by atoms with Crippen molar-refractivity contribution in [1.82, 2.24) is 10.3 Å². The molecule has 1 saturated heterocycles. The van der Waals surface area contributed by atoms with Crippen LogP contribution in [0, 0.1) is 0 Å². The van der Waals surface area contributed by atoms with Crippen molar-refractivity contribution in [3.05, 3.63) is 35.9 Å². The van der Waals surface area contributed by atoms with Gasteiger partial charge in [0.2, 0.25) is 0 Å². The number of hydrazine groups is 1. The number of nitrogens with zero attached hydrogens (tertiary/aromatic N) is 1. The fourth-order valence-electron chi connectivity index (χ4n) is 3.99. The van der Waals surface area contributed by atoms with E-state index < -0.39 is 0 Å². The first-order valence-corrected chi connectivity index (χ1v) is 7.71. The third-order valence-electron chi connectivity index (χ3n) is 4.95. The van der Waals surface area contributed by atoms with Gasteiger partial charge in [0.05, 0.1) is 19.3 Å². The molecule has 1 atom stereocenters. The summed E-state index contributed by atoms with van der Waals surface area (Å²) in [5, 5.41) is 0. The van der Waals surface area contributed by atoms with Gasteiger partial charge in [-0.15, -0.1) is 0 Å². The molecular formula is C16H25N3O. The number of morpholine rings is 1. The molecule has 1 aliphatic heterocycles. The van der Waals surface area contributed by atoms with Crippen LogP contribution in [-0.4, -0.2) is 36.7 Å². The highest BCUT2D eigenvalue weighted by molar-refractivity contribution is 5.24. The predicted molar refractivity (Wildman–Crippen MR) is 80.1 cm³/mol. The van der Waals surface area contributed by atoms with Crippen LogP contribution in [0.4, 0.5) is 0 Å². The van der Waals surface area contributed by atoms with E-state index in [2.05, 4.69) is 40.7 Å². The lowest BCUT2D eigenvalue weighted by molar-refractivity contribution is -0.0364. The van der Waals surface area contributed by atoms with E-state index in [1.54, 1.807) is 0 Å². The molecule has 2 aliphatic rings. The molecule has 4 nitrogen and oxygen atoms in total. The van der Waals surface area contributed by atoms with Gasteiger partial charge in [-0.05, 0) is 18.4 Å². The van der Waals surface area contributed by atoms with Crippen LogP contribution in [0.3, 0.4) is 0 Å². The van der Waals surface area contributed by atoms with Gasteiger partial charge in [-0.1, -0.05) is 43.2 Å². The lowest BCUT2D eigenvalue weighted by atomic mass is 9.82. The Hall–Kier alpha value is -0.940. The van der Waals surface area contributed by atoms with E-state index in [1.165, 1.54) is 31.2 Å². The Morgan fingerprint density at radius 3 is 2.35 bits per heavy atom. The van der Waals surface area contributed by atoms with Gasteiger partial charge in [0.1, 0.15) is 0 Å². The molecule has 1 aromatic carbocycles. The fourth-order valence-corrected chi connectivity index (χ4v) is 3.99. The van der Waals surface area contributed by atoms with Crippen molar-refractivity contribution >= 4 is 0 Å². The summed E-state index contributed by atoms with van der Waals surface area (Å²) in [5.41, 5.74) is 4.56. The van der Waals surface area contributed by atoms with Crippen molar-refractivity contribution in [3.8, 4) is 0 Å². The SMILES string of the molecule is NNC(c1ccccc1)C1(N2CCOCC2)CCCC1. The highest BCUT2D eigenvalue weighted by atomic mass is 16.5. The standard InChI is InChI=1S/C16H25N3O/c17-18-15(14-6-2-1-3-7-14)16(8-4-5-9-16)19-10-12-20-13-11-19/h1-3,6-7,15,18H,4-5,8-13,17H2. The Labute approximate surface area is 121 Å². The van der Waals surface area contributed by atoms with Gasteiger partial charge in [0.15, 0.2) is 0 Å². The third kappa shape index (κ3) is 2.49. The summed E-state index contributed by atoms with van der Waals surface area (Å²) in [5.74, 6) is 5.97. The fraction of sp³-hybridized carbons (Fsp3) is 0.625. The normalized spacial score (nSPS) is 24.6. The monoisotopic (exact) mass is 275 g/mol. The quantitative estimate of drug-likeness (QED) is 0.650. The molecule has 0 amide bonds. The minimum Gasteiger partial charge on any atom is -0.379 e. The van der Waals surface area contributed by atoms with Crippen LogP contribution < -0.4 is 11.3 Å².